The van der Waals surface area contributed by atoms with Gasteiger partial charge in [0.1, 0.15) is 0 Å². The minimum atomic E-state index is -0.0917. The molecule has 1 amide bonds. The van der Waals surface area contributed by atoms with Gasteiger partial charge in [-0.15, -0.1) is 0 Å². The Morgan fingerprint density at radius 2 is 2.09 bits per heavy atom. The first-order valence-electron chi connectivity index (χ1n) is 7.83. The molecule has 0 aliphatic carbocycles. The molecule has 23 heavy (non-hydrogen) atoms. The number of hydrogen-bond acceptors (Lipinski definition) is 3. The van der Waals surface area contributed by atoms with Crippen molar-refractivity contribution in [2.75, 3.05) is 35.2 Å². The summed E-state index contributed by atoms with van der Waals surface area (Å²) >= 11 is 6.06. The molecule has 0 aromatic heterocycles. The first-order valence-corrected chi connectivity index (χ1v) is 8.21. The van der Waals surface area contributed by atoms with Gasteiger partial charge < -0.3 is 15.5 Å². The molecule has 0 radical (unpaired) electrons. The number of benzene rings is 2. The Bertz CT molecular complexity index is 717. The van der Waals surface area contributed by atoms with Crippen molar-refractivity contribution < 1.29 is 4.79 Å². The number of anilines is 3. The molecule has 3 rings (SSSR count). The Balaban J connectivity index is 1.61. The van der Waals surface area contributed by atoms with E-state index in [2.05, 4.69) is 34.6 Å². The number of nitrogens with one attached hydrogen (secondary N) is 2. The average Bonchev–Trinajstić information content (AvgIpc) is 2.96. The summed E-state index contributed by atoms with van der Waals surface area (Å²) in [5.41, 5.74) is 4.16. The molecule has 0 saturated carbocycles. The number of likely N-dealkylation sites (N-methyl/N-ethyl adjacent to an activating group) is 1. The molecule has 1 aliphatic heterocycles. The quantitative estimate of drug-likeness (QED) is 0.877. The Morgan fingerprint density at radius 1 is 1.26 bits per heavy atom. The van der Waals surface area contributed by atoms with Crippen LogP contribution < -0.4 is 15.5 Å². The van der Waals surface area contributed by atoms with Crippen molar-refractivity contribution in [3.05, 3.63) is 53.1 Å². The zero-order valence-electron chi connectivity index (χ0n) is 13.1. The number of nitrogens with zero attached hydrogens (tertiary/aromatic N) is 1. The molecular formula is C18H20ClN3O. The third-order valence-corrected chi connectivity index (χ3v) is 4.39. The van der Waals surface area contributed by atoms with Crippen LogP contribution in [-0.2, 0) is 11.2 Å². The lowest BCUT2D eigenvalue weighted by molar-refractivity contribution is -0.114. The number of rotatable bonds is 5. The standard InChI is InChI=1S/C18H20ClN3O/c1-2-22-10-9-13-7-8-14(11-17(13)22)21-18(23)12-20-16-6-4-3-5-15(16)19/h3-8,11,20H,2,9-10,12H2,1H3,(H,21,23). The summed E-state index contributed by atoms with van der Waals surface area (Å²) < 4.78 is 0. The van der Waals surface area contributed by atoms with Gasteiger partial charge in [-0.25, -0.2) is 0 Å². The Morgan fingerprint density at radius 3 is 2.87 bits per heavy atom. The fraction of sp³-hybridized carbons (Fsp3) is 0.278. The molecule has 2 aromatic carbocycles. The molecule has 2 N–H and O–H groups in total. The van der Waals surface area contributed by atoms with Crippen molar-refractivity contribution in [1.29, 1.82) is 0 Å². The van der Waals surface area contributed by atoms with Gasteiger partial charge in [0.2, 0.25) is 5.91 Å². The van der Waals surface area contributed by atoms with Gasteiger partial charge in [0, 0.05) is 24.5 Å². The number of carbonyl (C=O) groups excluding carboxylic acids is 1. The lowest BCUT2D eigenvalue weighted by Crippen LogP contribution is -2.22. The topological polar surface area (TPSA) is 44.4 Å². The summed E-state index contributed by atoms with van der Waals surface area (Å²) in [7, 11) is 0. The minimum absolute atomic E-state index is 0.0917. The van der Waals surface area contributed by atoms with E-state index in [4.69, 9.17) is 11.6 Å². The molecule has 2 aromatic rings. The SMILES string of the molecule is CCN1CCc2ccc(NC(=O)CNc3ccccc3Cl)cc21. The highest BCUT2D eigenvalue weighted by Gasteiger charge is 2.18. The molecule has 0 fully saturated rings. The van der Waals surface area contributed by atoms with Crippen LogP contribution in [0.1, 0.15) is 12.5 Å². The second kappa shape index (κ2) is 6.92. The van der Waals surface area contributed by atoms with Crippen LogP contribution >= 0.6 is 11.6 Å². The maximum atomic E-state index is 12.1. The highest BCUT2D eigenvalue weighted by Crippen LogP contribution is 2.30. The highest BCUT2D eigenvalue weighted by atomic mass is 35.5. The monoisotopic (exact) mass is 329 g/mol. The van der Waals surface area contributed by atoms with E-state index in [9.17, 15) is 4.79 Å². The van der Waals surface area contributed by atoms with Crippen LogP contribution in [0.15, 0.2) is 42.5 Å². The molecule has 5 heteroatoms. The van der Waals surface area contributed by atoms with Crippen LogP contribution in [0.25, 0.3) is 0 Å². The summed E-state index contributed by atoms with van der Waals surface area (Å²) in [6.45, 7) is 4.36. The van der Waals surface area contributed by atoms with Gasteiger partial charge in [-0.05, 0) is 43.2 Å². The molecule has 0 spiro atoms. The fourth-order valence-corrected chi connectivity index (χ4v) is 3.04. The zero-order chi connectivity index (χ0) is 16.2. The van der Waals surface area contributed by atoms with Gasteiger partial charge in [0.25, 0.3) is 0 Å². The van der Waals surface area contributed by atoms with Crippen molar-refractivity contribution in [3.63, 3.8) is 0 Å². The molecule has 1 aliphatic rings. The summed E-state index contributed by atoms with van der Waals surface area (Å²) in [6, 6.07) is 13.5. The van der Waals surface area contributed by atoms with Gasteiger partial charge in [0.05, 0.1) is 17.3 Å². The number of fused-ring (bicyclic) bond motifs is 1. The predicted molar refractivity (Wildman–Crippen MR) is 96.6 cm³/mol. The number of carbonyl (C=O) groups is 1. The van der Waals surface area contributed by atoms with E-state index in [-0.39, 0.29) is 12.5 Å². The minimum Gasteiger partial charge on any atom is -0.375 e. The van der Waals surface area contributed by atoms with E-state index in [1.807, 2.05) is 24.3 Å². The molecule has 0 unspecified atom stereocenters. The number of hydrogen-bond donors (Lipinski definition) is 2. The summed E-state index contributed by atoms with van der Waals surface area (Å²) in [6.07, 6.45) is 1.07. The van der Waals surface area contributed by atoms with Crippen molar-refractivity contribution >= 4 is 34.6 Å². The van der Waals surface area contributed by atoms with Gasteiger partial charge in [-0.3, -0.25) is 4.79 Å². The van der Waals surface area contributed by atoms with Crippen molar-refractivity contribution in [3.8, 4) is 0 Å². The Labute approximate surface area is 141 Å². The van der Waals surface area contributed by atoms with E-state index in [0.717, 1.165) is 30.9 Å². The summed E-state index contributed by atoms with van der Waals surface area (Å²) in [5, 5.41) is 6.59. The fourth-order valence-electron chi connectivity index (χ4n) is 2.84. The third-order valence-electron chi connectivity index (χ3n) is 4.06. The predicted octanol–water partition coefficient (Wildman–Crippen LogP) is 3.77. The Kier molecular flexibility index (Phi) is 4.72. The maximum absolute atomic E-state index is 12.1. The van der Waals surface area contributed by atoms with E-state index < -0.39 is 0 Å². The summed E-state index contributed by atoms with van der Waals surface area (Å²) in [4.78, 5) is 14.4. The second-order valence-corrected chi connectivity index (χ2v) is 5.96. The summed E-state index contributed by atoms with van der Waals surface area (Å²) in [5.74, 6) is -0.0917. The second-order valence-electron chi connectivity index (χ2n) is 5.55. The van der Waals surface area contributed by atoms with Gasteiger partial charge in [-0.1, -0.05) is 29.8 Å². The maximum Gasteiger partial charge on any atom is 0.243 e. The van der Waals surface area contributed by atoms with Gasteiger partial charge >= 0.3 is 0 Å². The molecule has 0 atom stereocenters. The van der Waals surface area contributed by atoms with Crippen molar-refractivity contribution in [1.82, 2.24) is 0 Å². The smallest absolute Gasteiger partial charge is 0.243 e. The van der Waals surface area contributed by atoms with Crippen LogP contribution in [0.2, 0.25) is 5.02 Å². The van der Waals surface area contributed by atoms with Crippen LogP contribution in [0.5, 0.6) is 0 Å². The van der Waals surface area contributed by atoms with Crippen molar-refractivity contribution in [2.24, 2.45) is 0 Å². The highest BCUT2D eigenvalue weighted by molar-refractivity contribution is 6.33. The van der Waals surface area contributed by atoms with Gasteiger partial charge in [0.15, 0.2) is 0 Å². The molecular weight excluding hydrogens is 310 g/mol. The molecule has 1 heterocycles. The van der Waals surface area contributed by atoms with E-state index in [0.29, 0.717) is 5.02 Å². The Hall–Kier alpha value is -2.20. The normalized spacial score (nSPS) is 12.9. The molecule has 4 nitrogen and oxygen atoms in total. The van der Waals surface area contributed by atoms with Crippen LogP contribution in [0.4, 0.5) is 17.1 Å². The average molecular weight is 330 g/mol. The lowest BCUT2D eigenvalue weighted by atomic mass is 10.1. The number of para-hydroxylation sites is 1. The number of halogens is 1. The van der Waals surface area contributed by atoms with Crippen LogP contribution in [-0.4, -0.2) is 25.5 Å². The zero-order valence-corrected chi connectivity index (χ0v) is 13.9. The first-order chi connectivity index (χ1) is 11.2. The van der Waals surface area contributed by atoms with Crippen LogP contribution in [0, 0.1) is 0 Å². The largest absolute Gasteiger partial charge is 0.375 e. The lowest BCUT2D eigenvalue weighted by Gasteiger charge is -2.17. The molecule has 0 bridgehead atoms. The molecule has 120 valence electrons. The van der Waals surface area contributed by atoms with Crippen LogP contribution in [0.3, 0.4) is 0 Å². The van der Waals surface area contributed by atoms with E-state index in [1.165, 1.54) is 11.3 Å². The van der Waals surface area contributed by atoms with Crippen molar-refractivity contribution in [2.45, 2.75) is 13.3 Å². The van der Waals surface area contributed by atoms with Gasteiger partial charge in [-0.2, -0.15) is 0 Å². The first kappa shape index (κ1) is 15.7. The third kappa shape index (κ3) is 3.59. The molecule has 0 saturated heterocycles. The van der Waals surface area contributed by atoms with E-state index >= 15 is 0 Å². The van der Waals surface area contributed by atoms with E-state index in [1.54, 1.807) is 6.07 Å². The number of amides is 1.